The summed E-state index contributed by atoms with van der Waals surface area (Å²) in [6.45, 7) is -0.349. The van der Waals surface area contributed by atoms with Gasteiger partial charge in [0, 0.05) is 3.57 Å². The van der Waals surface area contributed by atoms with Gasteiger partial charge in [-0.3, -0.25) is 9.63 Å². The van der Waals surface area contributed by atoms with Crippen LogP contribution in [0.1, 0.15) is 23.2 Å². The lowest BCUT2D eigenvalue weighted by atomic mass is 10.1. The van der Waals surface area contributed by atoms with Gasteiger partial charge in [-0.2, -0.15) is 0 Å². The molecule has 0 spiro atoms. The molecule has 0 aliphatic heterocycles. The Labute approximate surface area is 164 Å². The van der Waals surface area contributed by atoms with E-state index in [2.05, 4.69) is 5.32 Å². The number of carbonyl (C=O) groups is 1. The van der Waals surface area contributed by atoms with Crippen LogP contribution in [0.4, 0.5) is 28.9 Å². The second-order valence-corrected chi connectivity index (χ2v) is 7.28. The first-order chi connectivity index (χ1) is 12.8. The van der Waals surface area contributed by atoms with E-state index < -0.39 is 46.0 Å². The maximum Gasteiger partial charge on any atom is 0.277 e. The number of aliphatic hydroxyl groups excluding tert-OH is 1. The van der Waals surface area contributed by atoms with Crippen LogP contribution in [0.2, 0.25) is 0 Å². The van der Waals surface area contributed by atoms with Crippen LogP contribution in [0, 0.1) is 26.8 Å². The van der Waals surface area contributed by atoms with Gasteiger partial charge in [-0.1, -0.05) is 0 Å². The van der Waals surface area contributed by atoms with E-state index in [4.69, 9.17) is 9.94 Å². The van der Waals surface area contributed by atoms with Gasteiger partial charge in [0.2, 0.25) is 0 Å². The molecular weight excluding hydrogens is 483 g/mol. The van der Waals surface area contributed by atoms with E-state index >= 15 is 0 Å². The number of hydrogen-bond acceptors (Lipinski definition) is 4. The second kappa shape index (κ2) is 7.60. The Hall–Kier alpha value is -1.92. The van der Waals surface area contributed by atoms with Crippen molar-refractivity contribution in [2.45, 2.75) is 18.4 Å². The van der Waals surface area contributed by atoms with Crippen molar-refractivity contribution >= 4 is 39.9 Å². The summed E-state index contributed by atoms with van der Waals surface area (Å²) in [5.74, 6) is -6.93. The number of aliphatic hydroxyl groups is 1. The molecule has 1 saturated carbocycles. The van der Waals surface area contributed by atoms with Crippen molar-refractivity contribution < 1.29 is 32.3 Å². The van der Waals surface area contributed by atoms with Gasteiger partial charge in [0.15, 0.2) is 17.5 Å². The van der Waals surface area contributed by atoms with Crippen LogP contribution >= 0.6 is 22.6 Å². The third-order valence-corrected chi connectivity index (χ3v) is 4.72. The normalized spacial score (nSPS) is 14.7. The molecule has 27 heavy (non-hydrogen) atoms. The SMILES string of the molecule is O=C(NOC1(CO)CC1)c1cc(F)c(F)c(F)c1Nc1ccc(I)cc1F. The first-order valence-corrected chi connectivity index (χ1v) is 8.83. The molecule has 0 radical (unpaired) electrons. The zero-order valence-corrected chi connectivity index (χ0v) is 15.7. The third kappa shape index (κ3) is 4.17. The average Bonchev–Trinajstić information content (AvgIpc) is 3.42. The number of hydroxylamine groups is 1. The van der Waals surface area contributed by atoms with Gasteiger partial charge in [-0.15, -0.1) is 0 Å². The van der Waals surface area contributed by atoms with Crippen molar-refractivity contribution in [3.8, 4) is 0 Å². The molecule has 0 heterocycles. The zero-order valence-electron chi connectivity index (χ0n) is 13.6. The summed E-state index contributed by atoms with van der Waals surface area (Å²) in [5, 5.41) is 11.5. The summed E-state index contributed by atoms with van der Waals surface area (Å²) in [5.41, 5.74) is -0.546. The third-order valence-electron chi connectivity index (χ3n) is 4.05. The van der Waals surface area contributed by atoms with Crippen molar-refractivity contribution in [1.82, 2.24) is 5.48 Å². The molecule has 0 bridgehead atoms. The minimum Gasteiger partial charge on any atom is -0.393 e. The minimum atomic E-state index is -1.81. The number of rotatable bonds is 6. The molecule has 10 heteroatoms. The van der Waals surface area contributed by atoms with Crippen LogP contribution in [0.15, 0.2) is 24.3 Å². The van der Waals surface area contributed by atoms with Crippen LogP contribution in [0.5, 0.6) is 0 Å². The van der Waals surface area contributed by atoms with E-state index in [1.165, 1.54) is 12.1 Å². The molecule has 1 fully saturated rings. The summed E-state index contributed by atoms with van der Waals surface area (Å²) in [6, 6.07) is 4.38. The Bertz CT molecular complexity index is 906. The number of hydrogen-bond donors (Lipinski definition) is 3. The molecule has 3 N–H and O–H groups in total. The van der Waals surface area contributed by atoms with E-state index in [9.17, 15) is 22.4 Å². The maximum atomic E-state index is 14.3. The lowest BCUT2D eigenvalue weighted by molar-refractivity contribution is -0.0566. The largest absolute Gasteiger partial charge is 0.393 e. The van der Waals surface area contributed by atoms with E-state index in [0.717, 1.165) is 6.07 Å². The first kappa shape index (κ1) is 19.8. The van der Waals surface area contributed by atoms with Gasteiger partial charge in [-0.25, -0.2) is 23.0 Å². The Morgan fingerprint density at radius 1 is 1.15 bits per heavy atom. The predicted octanol–water partition coefficient (Wildman–Crippen LogP) is 3.78. The summed E-state index contributed by atoms with van der Waals surface area (Å²) in [7, 11) is 0. The van der Waals surface area contributed by atoms with Gasteiger partial charge < -0.3 is 10.4 Å². The highest BCUT2D eigenvalue weighted by molar-refractivity contribution is 14.1. The Balaban J connectivity index is 1.93. The predicted molar refractivity (Wildman–Crippen MR) is 96.3 cm³/mol. The lowest BCUT2D eigenvalue weighted by Crippen LogP contribution is -2.33. The summed E-state index contributed by atoms with van der Waals surface area (Å²) in [4.78, 5) is 17.4. The Kier molecular flexibility index (Phi) is 5.58. The van der Waals surface area contributed by atoms with Gasteiger partial charge >= 0.3 is 0 Å². The zero-order chi connectivity index (χ0) is 19.8. The average molecular weight is 496 g/mol. The van der Waals surface area contributed by atoms with Crippen molar-refractivity contribution in [1.29, 1.82) is 0 Å². The number of benzene rings is 2. The number of anilines is 2. The number of amides is 1. The first-order valence-electron chi connectivity index (χ1n) is 7.75. The van der Waals surface area contributed by atoms with E-state index in [1.807, 2.05) is 28.1 Å². The molecule has 3 rings (SSSR count). The van der Waals surface area contributed by atoms with E-state index in [-0.39, 0.29) is 12.3 Å². The highest BCUT2D eigenvalue weighted by atomic mass is 127. The summed E-state index contributed by atoms with van der Waals surface area (Å²) < 4.78 is 56.1. The maximum absolute atomic E-state index is 14.3. The molecule has 0 atom stereocenters. The second-order valence-electron chi connectivity index (χ2n) is 6.03. The van der Waals surface area contributed by atoms with Crippen molar-refractivity contribution in [2.24, 2.45) is 0 Å². The van der Waals surface area contributed by atoms with Gasteiger partial charge in [0.25, 0.3) is 5.91 Å². The van der Waals surface area contributed by atoms with Gasteiger partial charge in [0.1, 0.15) is 11.4 Å². The number of halogens is 5. The molecule has 2 aromatic carbocycles. The molecule has 0 unspecified atom stereocenters. The highest BCUT2D eigenvalue weighted by Gasteiger charge is 2.45. The van der Waals surface area contributed by atoms with Gasteiger partial charge in [-0.05, 0) is 59.7 Å². The molecule has 0 saturated heterocycles. The quantitative estimate of drug-likeness (QED) is 0.247. The van der Waals surface area contributed by atoms with Crippen LogP contribution in [-0.2, 0) is 4.84 Å². The Morgan fingerprint density at radius 3 is 2.44 bits per heavy atom. The van der Waals surface area contributed by atoms with Crippen LogP contribution < -0.4 is 10.8 Å². The number of nitrogens with one attached hydrogen (secondary N) is 2. The van der Waals surface area contributed by atoms with Crippen molar-refractivity contribution in [3.63, 3.8) is 0 Å². The van der Waals surface area contributed by atoms with Crippen LogP contribution in [-0.4, -0.2) is 23.2 Å². The molecule has 144 valence electrons. The fourth-order valence-electron chi connectivity index (χ4n) is 2.26. The van der Waals surface area contributed by atoms with Crippen molar-refractivity contribution in [3.05, 3.63) is 56.7 Å². The molecule has 2 aromatic rings. The summed E-state index contributed by atoms with van der Waals surface area (Å²) >= 11 is 1.86. The molecule has 1 aliphatic carbocycles. The monoisotopic (exact) mass is 496 g/mol. The highest BCUT2D eigenvalue weighted by Crippen LogP contribution is 2.38. The number of carbonyl (C=O) groups excluding carboxylic acids is 1. The van der Waals surface area contributed by atoms with Crippen molar-refractivity contribution in [2.75, 3.05) is 11.9 Å². The minimum absolute atomic E-state index is 0.232. The Morgan fingerprint density at radius 2 is 1.85 bits per heavy atom. The van der Waals surface area contributed by atoms with Crippen LogP contribution in [0.3, 0.4) is 0 Å². The topological polar surface area (TPSA) is 70.6 Å². The van der Waals surface area contributed by atoms with E-state index in [1.54, 1.807) is 0 Å². The fourth-order valence-corrected chi connectivity index (χ4v) is 2.72. The molecule has 0 aromatic heterocycles. The smallest absolute Gasteiger partial charge is 0.277 e. The molecule has 1 amide bonds. The molecule has 5 nitrogen and oxygen atoms in total. The standard InChI is InChI=1S/C17H13F4IN2O3/c18-10-5-8(22)1-2-12(10)23-15-9(6-11(19)13(20)14(15)21)16(26)24-27-17(7-25)3-4-17/h1-2,5-6,23,25H,3-4,7H2,(H,24,26). The van der Waals surface area contributed by atoms with Gasteiger partial charge in [0.05, 0.1) is 23.5 Å². The lowest BCUT2D eigenvalue weighted by Gasteiger charge is -2.17. The van der Waals surface area contributed by atoms with Crippen LogP contribution in [0.25, 0.3) is 0 Å². The molecular formula is C17H13F4IN2O3. The molecule has 1 aliphatic rings. The fraction of sp³-hybridized carbons (Fsp3) is 0.235. The summed E-state index contributed by atoms with van der Waals surface area (Å²) in [6.07, 6.45) is 0.990. The van der Waals surface area contributed by atoms with E-state index in [0.29, 0.717) is 22.5 Å².